The zero-order valence-corrected chi connectivity index (χ0v) is 11.8. The van der Waals surface area contributed by atoms with E-state index in [0.717, 1.165) is 0 Å². The Kier molecular flexibility index (Phi) is 5.07. The third-order valence-electron chi connectivity index (χ3n) is 3.37. The van der Waals surface area contributed by atoms with Crippen LogP contribution in [0.3, 0.4) is 0 Å². The standard InChI is InChI=1S/C14H19FN2O3/c1-4-14(3,12(18)19)8-16-13(20)17-10-6-5-9(2)11(15)7-10/h5-7H,4,8H2,1-3H3,(H,18,19)(H2,16,17,20). The summed E-state index contributed by atoms with van der Waals surface area (Å²) >= 11 is 0. The van der Waals surface area contributed by atoms with Crippen molar-refractivity contribution in [2.45, 2.75) is 27.2 Å². The van der Waals surface area contributed by atoms with Gasteiger partial charge >= 0.3 is 12.0 Å². The predicted molar refractivity (Wildman–Crippen MR) is 74.2 cm³/mol. The van der Waals surface area contributed by atoms with Gasteiger partial charge in [-0.25, -0.2) is 9.18 Å². The molecule has 0 saturated heterocycles. The predicted octanol–water partition coefficient (Wildman–Crippen LogP) is 2.76. The lowest BCUT2D eigenvalue weighted by Gasteiger charge is -2.23. The smallest absolute Gasteiger partial charge is 0.319 e. The molecular formula is C14H19FN2O3. The average molecular weight is 282 g/mol. The minimum Gasteiger partial charge on any atom is -0.481 e. The molecule has 2 amide bonds. The van der Waals surface area contributed by atoms with E-state index in [1.807, 2.05) is 0 Å². The van der Waals surface area contributed by atoms with Gasteiger partial charge in [0.25, 0.3) is 0 Å². The molecule has 3 N–H and O–H groups in total. The van der Waals surface area contributed by atoms with Gasteiger partial charge in [0.15, 0.2) is 0 Å². The molecule has 0 aliphatic carbocycles. The molecule has 0 aromatic heterocycles. The van der Waals surface area contributed by atoms with Gasteiger partial charge in [0, 0.05) is 12.2 Å². The van der Waals surface area contributed by atoms with Crippen molar-refractivity contribution < 1.29 is 19.1 Å². The Morgan fingerprint density at radius 2 is 2.05 bits per heavy atom. The Morgan fingerprint density at radius 3 is 2.55 bits per heavy atom. The maximum absolute atomic E-state index is 13.3. The van der Waals surface area contributed by atoms with Crippen LogP contribution < -0.4 is 10.6 Å². The molecule has 0 bridgehead atoms. The van der Waals surface area contributed by atoms with Gasteiger partial charge in [-0.15, -0.1) is 0 Å². The first-order chi connectivity index (χ1) is 9.28. The van der Waals surface area contributed by atoms with Gasteiger partial charge < -0.3 is 15.7 Å². The normalized spacial score (nSPS) is 13.4. The molecule has 1 rings (SSSR count). The molecule has 0 saturated carbocycles. The van der Waals surface area contributed by atoms with Crippen LogP contribution in [0.15, 0.2) is 18.2 Å². The number of carbonyl (C=O) groups excluding carboxylic acids is 1. The van der Waals surface area contributed by atoms with Crippen LogP contribution in [-0.4, -0.2) is 23.7 Å². The minimum atomic E-state index is -1.02. The van der Waals surface area contributed by atoms with Crippen LogP contribution in [0.4, 0.5) is 14.9 Å². The highest BCUT2D eigenvalue weighted by atomic mass is 19.1. The second-order valence-electron chi connectivity index (χ2n) is 4.99. The summed E-state index contributed by atoms with van der Waals surface area (Å²) in [6.07, 6.45) is 0.391. The number of hydrogen-bond donors (Lipinski definition) is 3. The minimum absolute atomic E-state index is 0.000982. The molecule has 0 aliphatic heterocycles. The molecule has 0 aliphatic rings. The van der Waals surface area contributed by atoms with Crippen LogP contribution in [0.25, 0.3) is 0 Å². The Balaban J connectivity index is 2.60. The number of aliphatic carboxylic acids is 1. The number of anilines is 1. The number of carbonyl (C=O) groups is 2. The summed E-state index contributed by atoms with van der Waals surface area (Å²) in [4.78, 5) is 22.7. The lowest BCUT2D eigenvalue weighted by Crippen LogP contribution is -2.42. The summed E-state index contributed by atoms with van der Waals surface area (Å²) < 4.78 is 13.3. The molecule has 1 aromatic carbocycles. The molecule has 0 fully saturated rings. The zero-order valence-electron chi connectivity index (χ0n) is 11.8. The zero-order chi connectivity index (χ0) is 15.3. The molecule has 1 aromatic rings. The molecule has 1 unspecified atom stereocenters. The number of amides is 2. The topological polar surface area (TPSA) is 78.4 Å². The molecule has 110 valence electrons. The van der Waals surface area contributed by atoms with Crippen LogP contribution in [0.1, 0.15) is 25.8 Å². The fourth-order valence-electron chi connectivity index (χ4n) is 1.47. The van der Waals surface area contributed by atoms with Crippen molar-refractivity contribution in [1.82, 2.24) is 5.32 Å². The number of rotatable bonds is 5. The van der Waals surface area contributed by atoms with Crippen LogP contribution in [0.2, 0.25) is 0 Å². The van der Waals surface area contributed by atoms with Crippen molar-refractivity contribution in [2.75, 3.05) is 11.9 Å². The monoisotopic (exact) mass is 282 g/mol. The number of hydrogen-bond acceptors (Lipinski definition) is 2. The molecular weight excluding hydrogens is 263 g/mol. The largest absolute Gasteiger partial charge is 0.481 e. The summed E-state index contributed by atoms with van der Waals surface area (Å²) in [6.45, 7) is 4.92. The Morgan fingerprint density at radius 1 is 1.40 bits per heavy atom. The summed E-state index contributed by atoms with van der Waals surface area (Å²) in [5, 5.41) is 14.0. The molecule has 5 nitrogen and oxygen atoms in total. The average Bonchev–Trinajstić information content (AvgIpc) is 2.40. The summed E-state index contributed by atoms with van der Waals surface area (Å²) in [7, 11) is 0. The highest BCUT2D eigenvalue weighted by molar-refractivity contribution is 5.89. The number of benzene rings is 1. The molecule has 1 atom stereocenters. The lowest BCUT2D eigenvalue weighted by atomic mass is 9.88. The summed E-state index contributed by atoms with van der Waals surface area (Å²) in [5.74, 6) is -1.38. The maximum atomic E-state index is 13.3. The van der Waals surface area contributed by atoms with Crippen molar-refractivity contribution >= 4 is 17.7 Å². The van der Waals surface area contributed by atoms with Gasteiger partial charge in [-0.05, 0) is 38.0 Å². The molecule has 0 heterocycles. The van der Waals surface area contributed by atoms with Crippen molar-refractivity contribution in [2.24, 2.45) is 5.41 Å². The molecule has 20 heavy (non-hydrogen) atoms. The first-order valence-corrected chi connectivity index (χ1v) is 6.33. The van der Waals surface area contributed by atoms with E-state index in [4.69, 9.17) is 5.11 Å². The third kappa shape index (κ3) is 3.94. The van der Waals surface area contributed by atoms with Gasteiger partial charge in [0.2, 0.25) is 0 Å². The molecule has 6 heteroatoms. The van der Waals surface area contributed by atoms with Gasteiger partial charge in [-0.3, -0.25) is 4.79 Å². The molecule has 0 spiro atoms. The van der Waals surface area contributed by atoms with Gasteiger partial charge in [0.1, 0.15) is 5.82 Å². The van der Waals surface area contributed by atoms with Crippen LogP contribution in [0.5, 0.6) is 0 Å². The Labute approximate surface area is 117 Å². The first kappa shape index (κ1) is 15.9. The van der Waals surface area contributed by atoms with Gasteiger partial charge in [-0.1, -0.05) is 13.0 Å². The fraction of sp³-hybridized carbons (Fsp3) is 0.429. The highest BCUT2D eigenvalue weighted by Gasteiger charge is 2.31. The number of urea groups is 1. The van der Waals surface area contributed by atoms with E-state index in [9.17, 15) is 14.0 Å². The van der Waals surface area contributed by atoms with Crippen molar-refractivity contribution in [3.8, 4) is 0 Å². The molecule has 0 radical (unpaired) electrons. The maximum Gasteiger partial charge on any atom is 0.319 e. The quantitative estimate of drug-likeness (QED) is 0.777. The number of aryl methyl sites for hydroxylation is 1. The number of carboxylic acid groups (broad SMARTS) is 1. The van der Waals surface area contributed by atoms with E-state index in [0.29, 0.717) is 17.7 Å². The van der Waals surface area contributed by atoms with E-state index in [2.05, 4.69) is 10.6 Å². The van der Waals surface area contributed by atoms with Crippen molar-refractivity contribution in [1.29, 1.82) is 0 Å². The van der Waals surface area contributed by atoms with Gasteiger partial charge in [0.05, 0.1) is 5.41 Å². The van der Waals surface area contributed by atoms with Crippen molar-refractivity contribution in [3.05, 3.63) is 29.6 Å². The van der Waals surface area contributed by atoms with Crippen molar-refractivity contribution in [3.63, 3.8) is 0 Å². The Bertz CT molecular complexity index is 519. The highest BCUT2D eigenvalue weighted by Crippen LogP contribution is 2.20. The summed E-state index contributed by atoms with van der Waals surface area (Å²) in [5.41, 5.74) is -0.213. The Hall–Kier alpha value is -2.11. The summed E-state index contributed by atoms with van der Waals surface area (Å²) in [6, 6.07) is 3.78. The number of carboxylic acids is 1. The van der Waals surface area contributed by atoms with Gasteiger partial charge in [-0.2, -0.15) is 0 Å². The second kappa shape index (κ2) is 6.36. The number of halogens is 1. The van der Waals surface area contributed by atoms with E-state index in [1.54, 1.807) is 32.9 Å². The SMILES string of the molecule is CCC(C)(CNC(=O)Nc1ccc(C)c(F)c1)C(=O)O. The van der Waals surface area contributed by atoms with Crippen LogP contribution in [0, 0.1) is 18.2 Å². The second-order valence-corrected chi connectivity index (χ2v) is 4.99. The van der Waals surface area contributed by atoms with E-state index >= 15 is 0 Å². The van der Waals surface area contributed by atoms with E-state index in [1.165, 1.54) is 6.07 Å². The number of nitrogens with one attached hydrogen (secondary N) is 2. The van der Waals surface area contributed by atoms with E-state index in [-0.39, 0.29) is 6.54 Å². The fourth-order valence-corrected chi connectivity index (χ4v) is 1.47. The first-order valence-electron chi connectivity index (χ1n) is 6.33. The van der Waals surface area contributed by atoms with E-state index < -0.39 is 23.2 Å². The third-order valence-corrected chi connectivity index (χ3v) is 3.37. The van der Waals surface area contributed by atoms with Crippen LogP contribution in [-0.2, 0) is 4.79 Å². The van der Waals surface area contributed by atoms with Crippen LogP contribution >= 0.6 is 0 Å². The lowest BCUT2D eigenvalue weighted by molar-refractivity contribution is -0.147.